The third kappa shape index (κ3) is 2.95. The molecule has 1 aromatic carbocycles. The third-order valence-electron chi connectivity index (χ3n) is 3.51. The summed E-state index contributed by atoms with van der Waals surface area (Å²) < 4.78 is 25.9. The molecular formula is C14H14N4O4S. The SMILES string of the molecule is O=C1CCN(S(=O)(=O)c2ccc(-c3ccn[nH]3)cc2)C(=O)CN1. The Kier molecular flexibility index (Phi) is 3.87. The van der Waals surface area contributed by atoms with Crippen LogP contribution >= 0.6 is 0 Å². The maximum Gasteiger partial charge on any atom is 0.266 e. The van der Waals surface area contributed by atoms with Gasteiger partial charge < -0.3 is 5.32 Å². The Labute approximate surface area is 132 Å². The average molecular weight is 334 g/mol. The van der Waals surface area contributed by atoms with Gasteiger partial charge in [-0.25, -0.2) is 12.7 Å². The second-order valence-electron chi connectivity index (χ2n) is 4.99. The van der Waals surface area contributed by atoms with Crippen LogP contribution in [-0.2, 0) is 19.6 Å². The van der Waals surface area contributed by atoms with E-state index in [1.165, 1.54) is 12.1 Å². The Morgan fingerprint density at radius 1 is 1.09 bits per heavy atom. The number of carbonyl (C=O) groups is 2. The lowest BCUT2D eigenvalue weighted by Gasteiger charge is -2.19. The number of rotatable bonds is 3. The number of hydrogen-bond donors (Lipinski definition) is 2. The van der Waals surface area contributed by atoms with Crippen molar-refractivity contribution in [3.8, 4) is 11.3 Å². The third-order valence-corrected chi connectivity index (χ3v) is 5.35. The van der Waals surface area contributed by atoms with Crippen molar-refractivity contribution in [2.24, 2.45) is 0 Å². The van der Waals surface area contributed by atoms with E-state index < -0.39 is 15.9 Å². The second kappa shape index (κ2) is 5.84. The van der Waals surface area contributed by atoms with Gasteiger partial charge in [-0.15, -0.1) is 0 Å². The number of carbonyl (C=O) groups excluding carboxylic acids is 2. The monoisotopic (exact) mass is 334 g/mol. The zero-order valence-electron chi connectivity index (χ0n) is 12.0. The van der Waals surface area contributed by atoms with Crippen molar-refractivity contribution in [2.75, 3.05) is 13.1 Å². The van der Waals surface area contributed by atoms with Gasteiger partial charge in [0.05, 0.1) is 17.1 Å². The van der Waals surface area contributed by atoms with Crippen molar-refractivity contribution in [1.29, 1.82) is 0 Å². The number of nitrogens with one attached hydrogen (secondary N) is 2. The molecule has 1 fully saturated rings. The minimum atomic E-state index is -3.98. The Morgan fingerprint density at radius 2 is 1.83 bits per heavy atom. The summed E-state index contributed by atoms with van der Waals surface area (Å²) in [4.78, 5) is 23.3. The van der Waals surface area contributed by atoms with E-state index in [1.807, 2.05) is 0 Å². The van der Waals surface area contributed by atoms with Crippen molar-refractivity contribution in [1.82, 2.24) is 19.8 Å². The maximum atomic E-state index is 12.6. The fraction of sp³-hybridized carbons (Fsp3) is 0.214. The predicted octanol–water partition coefficient (Wildman–Crippen LogP) is 0.114. The standard InChI is InChI=1S/C14H14N4O4S/c19-13-6-8-18(14(20)9-15-13)23(21,22)11-3-1-10(2-4-11)12-5-7-16-17-12/h1-5,7H,6,8-9H2,(H,15,19)(H,16,17). The molecule has 0 aliphatic carbocycles. The van der Waals surface area contributed by atoms with Crippen LogP contribution in [-0.4, -0.2) is 47.8 Å². The van der Waals surface area contributed by atoms with Crippen LogP contribution in [0.25, 0.3) is 11.3 Å². The van der Waals surface area contributed by atoms with Crippen LogP contribution in [0.2, 0.25) is 0 Å². The van der Waals surface area contributed by atoms with E-state index in [0.717, 1.165) is 15.6 Å². The molecule has 2 N–H and O–H groups in total. The highest BCUT2D eigenvalue weighted by atomic mass is 32.2. The van der Waals surface area contributed by atoms with Gasteiger partial charge in [0, 0.05) is 19.2 Å². The molecule has 0 bridgehead atoms. The molecule has 1 aromatic heterocycles. The highest BCUT2D eigenvalue weighted by molar-refractivity contribution is 7.89. The van der Waals surface area contributed by atoms with Gasteiger partial charge in [0.15, 0.2) is 0 Å². The minimum Gasteiger partial charge on any atom is -0.347 e. The first kappa shape index (κ1) is 15.2. The van der Waals surface area contributed by atoms with Crippen LogP contribution in [0.4, 0.5) is 0 Å². The van der Waals surface area contributed by atoms with E-state index in [0.29, 0.717) is 0 Å². The molecule has 23 heavy (non-hydrogen) atoms. The molecule has 2 aromatic rings. The van der Waals surface area contributed by atoms with Gasteiger partial charge in [0.25, 0.3) is 15.9 Å². The predicted molar refractivity (Wildman–Crippen MR) is 80.5 cm³/mol. The van der Waals surface area contributed by atoms with Gasteiger partial charge in [0.1, 0.15) is 0 Å². The topological polar surface area (TPSA) is 112 Å². The zero-order valence-corrected chi connectivity index (χ0v) is 12.8. The quantitative estimate of drug-likeness (QED) is 0.827. The van der Waals surface area contributed by atoms with Crippen molar-refractivity contribution in [2.45, 2.75) is 11.3 Å². The fourth-order valence-corrected chi connectivity index (χ4v) is 3.68. The van der Waals surface area contributed by atoms with Crippen molar-refractivity contribution >= 4 is 21.8 Å². The molecule has 2 heterocycles. The van der Waals surface area contributed by atoms with E-state index in [2.05, 4.69) is 15.5 Å². The van der Waals surface area contributed by atoms with Crippen LogP contribution < -0.4 is 5.32 Å². The number of amides is 2. The van der Waals surface area contributed by atoms with Crippen LogP contribution in [0.5, 0.6) is 0 Å². The first-order valence-corrected chi connectivity index (χ1v) is 8.34. The van der Waals surface area contributed by atoms with Gasteiger partial charge in [-0.2, -0.15) is 5.10 Å². The summed E-state index contributed by atoms with van der Waals surface area (Å²) in [6.07, 6.45) is 1.55. The van der Waals surface area contributed by atoms with Crippen molar-refractivity contribution in [3.05, 3.63) is 36.5 Å². The Bertz CT molecular complexity index is 828. The summed E-state index contributed by atoms with van der Waals surface area (Å²) in [6, 6.07) is 7.88. The maximum absolute atomic E-state index is 12.6. The molecule has 120 valence electrons. The number of benzene rings is 1. The van der Waals surface area contributed by atoms with E-state index in [-0.39, 0.29) is 30.3 Å². The lowest BCUT2D eigenvalue weighted by atomic mass is 10.2. The van der Waals surface area contributed by atoms with E-state index in [1.54, 1.807) is 24.4 Å². The number of aromatic amines is 1. The van der Waals surface area contributed by atoms with Crippen LogP contribution in [0, 0.1) is 0 Å². The normalized spacial score (nSPS) is 16.1. The molecule has 1 saturated heterocycles. The fourth-order valence-electron chi connectivity index (χ4n) is 2.28. The van der Waals surface area contributed by atoms with Gasteiger partial charge in [-0.3, -0.25) is 14.7 Å². The van der Waals surface area contributed by atoms with E-state index in [4.69, 9.17) is 0 Å². The molecule has 1 aliphatic heterocycles. The molecule has 0 unspecified atom stereocenters. The molecule has 0 radical (unpaired) electrons. The van der Waals surface area contributed by atoms with Crippen LogP contribution in [0.15, 0.2) is 41.4 Å². The first-order valence-electron chi connectivity index (χ1n) is 6.90. The summed E-state index contributed by atoms with van der Waals surface area (Å²) in [5, 5.41) is 8.99. The summed E-state index contributed by atoms with van der Waals surface area (Å²) in [5.41, 5.74) is 1.54. The lowest BCUT2D eigenvalue weighted by molar-refractivity contribution is -0.126. The smallest absolute Gasteiger partial charge is 0.266 e. The number of aromatic nitrogens is 2. The molecule has 0 saturated carbocycles. The summed E-state index contributed by atoms with van der Waals surface area (Å²) in [5.74, 6) is -0.987. The molecular weight excluding hydrogens is 320 g/mol. The van der Waals surface area contributed by atoms with Crippen molar-refractivity contribution in [3.63, 3.8) is 0 Å². The van der Waals surface area contributed by atoms with Gasteiger partial charge in [0.2, 0.25) is 5.91 Å². The Morgan fingerprint density at radius 3 is 2.48 bits per heavy atom. The number of H-pyrrole nitrogens is 1. The minimum absolute atomic E-state index is 0.00321. The molecule has 0 spiro atoms. The molecule has 8 nitrogen and oxygen atoms in total. The summed E-state index contributed by atoms with van der Waals surface area (Å²) in [6.45, 7) is -0.473. The van der Waals surface area contributed by atoms with Crippen molar-refractivity contribution < 1.29 is 18.0 Å². The molecule has 0 atom stereocenters. The zero-order chi connectivity index (χ0) is 16.4. The van der Waals surface area contributed by atoms with Gasteiger partial charge in [-0.05, 0) is 23.8 Å². The summed E-state index contributed by atoms with van der Waals surface area (Å²) >= 11 is 0. The molecule has 1 aliphatic rings. The molecule has 9 heteroatoms. The van der Waals surface area contributed by atoms with Crippen LogP contribution in [0.1, 0.15) is 6.42 Å². The average Bonchev–Trinajstić information content (AvgIpc) is 3.01. The highest BCUT2D eigenvalue weighted by Crippen LogP contribution is 2.22. The Balaban J connectivity index is 1.90. The van der Waals surface area contributed by atoms with Gasteiger partial charge >= 0.3 is 0 Å². The number of sulfonamides is 1. The Hall–Kier alpha value is -2.68. The van der Waals surface area contributed by atoms with E-state index in [9.17, 15) is 18.0 Å². The summed E-state index contributed by atoms with van der Waals surface area (Å²) in [7, 11) is -3.98. The van der Waals surface area contributed by atoms with Crippen LogP contribution in [0.3, 0.4) is 0 Å². The molecule has 3 rings (SSSR count). The largest absolute Gasteiger partial charge is 0.347 e. The van der Waals surface area contributed by atoms with E-state index >= 15 is 0 Å². The highest BCUT2D eigenvalue weighted by Gasteiger charge is 2.31. The molecule has 2 amide bonds. The first-order chi connectivity index (χ1) is 11.0. The lowest BCUT2D eigenvalue weighted by Crippen LogP contribution is -2.39. The number of hydrogen-bond acceptors (Lipinski definition) is 5. The second-order valence-corrected chi connectivity index (χ2v) is 6.85. The number of nitrogens with zero attached hydrogens (tertiary/aromatic N) is 2. The van der Waals surface area contributed by atoms with Gasteiger partial charge in [-0.1, -0.05) is 12.1 Å².